The molecule has 0 amide bonds. The van der Waals surface area contributed by atoms with Crippen molar-refractivity contribution in [1.82, 2.24) is 4.57 Å². The van der Waals surface area contributed by atoms with Crippen LogP contribution in [0.1, 0.15) is 15.9 Å². The first-order valence-electron chi connectivity index (χ1n) is 8.06. The fraction of sp³-hybridized carbons (Fsp3) is 0.158. The maximum absolute atomic E-state index is 12.5. The molecule has 132 valence electrons. The lowest BCUT2D eigenvalue weighted by molar-refractivity contribution is -0.667. The summed E-state index contributed by atoms with van der Waals surface area (Å²) in [5.41, 5.74) is 9.19. The number of anilines is 1. The number of imidazole rings is 1. The number of non-ortho nitro benzene ring substituents is 1. The highest BCUT2D eigenvalue weighted by Gasteiger charge is 2.21. The third kappa shape index (κ3) is 3.32. The molecule has 0 fully saturated rings. The van der Waals surface area contributed by atoms with E-state index in [1.54, 1.807) is 46.6 Å². The number of hydrogen-bond acceptors (Lipinski definition) is 4. The largest absolute Gasteiger partial charge is 0.355 e. The molecule has 1 aromatic heterocycles. The number of Topliss-reactive ketones (excluding diaryl/α,β-unsaturated/α-hetero) is 1. The Balaban J connectivity index is 1.92. The Kier molecular flexibility index (Phi) is 4.53. The number of nitro benzene ring substituents is 1. The molecule has 0 aliphatic rings. The van der Waals surface area contributed by atoms with Gasteiger partial charge in [0.2, 0.25) is 0 Å². The molecule has 0 spiro atoms. The summed E-state index contributed by atoms with van der Waals surface area (Å²) in [6, 6.07) is 13.7. The van der Waals surface area contributed by atoms with Gasteiger partial charge in [-0.3, -0.25) is 20.6 Å². The predicted molar refractivity (Wildman–Crippen MR) is 97.6 cm³/mol. The third-order valence-corrected chi connectivity index (χ3v) is 4.32. The quantitative estimate of drug-likeness (QED) is 0.331. The van der Waals surface area contributed by atoms with Crippen molar-refractivity contribution in [3.63, 3.8) is 0 Å². The van der Waals surface area contributed by atoms with Crippen LogP contribution >= 0.6 is 0 Å². The van der Waals surface area contributed by atoms with E-state index in [0.29, 0.717) is 22.8 Å². The molecule has 7 nitrogen and oxygen atoms in total. The van der Waals surface area contributed by atoms with Crippen molar-refractivity contribution in [2.24, 2.45) is 7.05 Å². The highest BCUT2D eigenvalue weighted by atomic mass is 16.6. The van der Waals surface area contributed by atoms with Crippen molar-refractivity contribution in [2.45, 2.75) is 13.5 Å². The number of carbonyl (C=O) groups is 1. The van der Waals surface area contributed by atoms with E-state index in [0.717, 1.165) is 5.56 Å². The average molecular weight is 351 g/mol. The van der Waals surface area contributed by atoms with Gasteiger partial charge >= 0.3 is 5.95 Å². The maximum atomic E-state index is 12.5. The Bertz CT molecular complexity index is 991. The van der Waals surface area contributed by atoms with Crippen LogP contribution in [0.25, 0.3) is 11.3 Å². The van der Waals surface area contributed by atoms with Gasteiger partial charge in [0.05, 0.1) is 12.0 Å². The number of carbonyl (C=O) groups excluding carboxylic acids is 1. The average Bonchev–Trinajstić information content (AvgIpc) is 2.91. The first-order chi connectivity index (χ1) is 12.4. The van der Waals surface area contributed by atoms with Crippen molar-refractivity contribution in [3.05, 3.63) is 76.0 Å². The van der Waals surface area contributed by atoms with Crippen molar-refractivity contribution in [1.29, 1.82) is 0 Å². The monoisotopic (exact) mass is 351 g/mol. The number of nitrogens with zero attached hydrogens (tertiary/aromatic N) is 3. The highest BCUT2D eigenvalue weighted by Crippen LogP contribution is 2.24. The number of aromatic nitrogens is 2. The molecule has 0 bridgehead atoms. The molecule has 0 aliphatic carbocycles. The molecule has 3 rings (SSSR count). The summed E-state index contributed by atoms with van der Waals surface area (Å²) in [4.78, 5) is 23.1. The molecule has 2 N–H and O–H groups in total. The first-order valence-corrected chi connectivity index (χ1v) is 8.06. The van der Waals surface area contributed by atoms with Crippen LogP contribution in [0.15, 0.2) is 54.7 Å². The SMILES string of the molecule is Cc1ccc(C(=O)C[n+]2cc(-c3cccc([N+](=O)[O-])c3)n(C)c2N)cc1. The van der Waals surface area contributed by atoms with E-state index in [-0.39, 0.29) is 18.0 Å². The van der Waals surface area contributed by atoms with Crippen molar-refractivity contribution in [3.8, 4) is 11.3 Å². The molecule has 0 atom stereocenters. The summed E-state index contributed by atoms with van der Waals surface area (Å²) in [6.45, 7) is 2.06. The van der Waals surface area contributed by atoms with Gasteiger partial charge in [-0.25, -0.2) is 9.13 Å². The molecule has 0 saturated heterocycles. The standard InChI is InChI=1S/C19H18N4O3/c1-13-6-8-14(9-7-13)18(24)12-22-11-17(21(2)19(22)20)15-4-3-5-16(10-15)23(25)26/h3-11,20H,12H2,1-2H3/p+1. The van der Waals surface area contributed by atoms with Crippen LogP contribution in [0, 0.1) is 17.0 Å². The van der Waals surface area contributed by atoms with E-state index in [4.69, 9.17) is 5.73 Å². The van der Waals surface area contributed by atoms with Gasteiger partial charge in [0.25, 0.3) is 5.69 Å². The number of aryl methyl sites for hydroxylation is 1. The topological polar surface area (TPSA) is 95.0 Å². The number of nitro groups is 1. The van der Waals surface area contributed by atoms with Gasteiger partial charge in [-0.05, 0) is 6.92 Å². The van der Waals surface area contributed by atoms with Gasteiger partial charge in [-0.2, -0.15) is 0 Å². The van der Waals surface area contributed by atoms with Crippen LogP contribution in [0.4, 0.5) is 11.6 Å². The normalized spacial score (nSPS) is 10.7. The van der Waals surface area contributed by atoms with Crippen molar-refractivity contribution in [2.75, 3.05) is 5.73 Å². The van der Waals surface area contributed by atoms with E-state index >= 15 is 0 Å². The lowest BCUT2D eigenvalue weighted by atomic mass is 10.1. The lowest BCUT2D eigenvalue weighted by Gasteiger charge is -2.01. The van der Waals surface area contributed by atoms with Crippen molar-refractivity contribution < 1.29 is 14.3 Å². The third-order valence-electron chi connectivity index (χ3n) is 4.32. The van der Waals surface area contributed by atoms with Crippen LogP contribution in [0.3, 0.4) is 0 Å². The zero-order valence-electron chi connectivity index (χ0n) is 14.5. The molecule has 0 saturated carbocycles. The maximum Gasteiger partial charge on any atom is 0.355 e. The van der Waals surface area contributed by atoms with Gasteiger partial charge in [0.15, 0.2) is 5.78 Å². The molecule has 0 radical (unpaired) electrons. The lowest BCUT2D eigenvalue weighted by Crippen LogP contribution is -2.39. The summed E-state index contributed by atoms with van der Waals surface area (Å²) in [6.07, 6.45) is 1.74. The second-order valence-corrected chi connectivity index (χ2v) is 6.16. The van der Waals surface area contributed by atoms with Gasteiger partial charge < -0.3 is 0 Å². The summed E-state index contributed by atoms with van der Waals surface area (Å²) >= 11 is 0. The number of hydrogen-bond donors (Lipinski definition) is 1. The fourth-order valence-corrected chi connectivity index (χ4v) is 2.78. The second kappa shape index (κ2) is 6.79. The van der Waals surface area contributed by atoms with Crippen LogP contribution in [0.2, 0.25) is 0 Å². The summed E-state index contributed by atoms with van der Waals surface area (Å²) in [5.74, 6) is 0.338. The van der Waals surface area contributed by atoms with E-state index in [9.17, 15) is 14.9 Å². The van der Waals surface area contributed by atoms with Crippen LogP contribution < -0.4 is 10.3 Å². The number of ketones is 1. The van der Waals surface area contributed by atoms with Crippen LogP contribution in [-0.4, -0.2) is 15.3 Å². The molecule has 3 aromatic rings. The van der Waals surface area contributed by atoms with Crippen LogP contribution in [-0.2, 0) is 13.6 Å². The number of benzene rings is 2. The van der Waals surface area contributed by atoms with E-state index in [1.165, 1.54) is 12.1 Å². The van der Waals surface area contributed by atoms with Gasteiger partial charge in [-0.1, -0.05) is 42.0 Å². The zero-order chi connectivity index (χ0) is 18.8. The minimum atomic E-state index is -0.440. The Morgan fingerprint density at radius 2 is 1.92 bits per heavy atom. The van der Waals surface area contributed by atoms with Crippen LogP contribution in [0.5, 0.6) is 0 Å². The molecule has 0 unspecified atom stereocenters. The minimum absolute atomic E-state index is 0.00422. The zero-order valence-corrected chi connectivity index (χ0v) is 14.5. The Morgan fingerprint density at radius 1 is 1.23 bits per heavy atom. The molecular weight excluding hydrogens is 332 g/mol. The molecule has 0 aliphatic heterocycles. The van der Waals surface area contributed by atoms with Crippen molar-refractivity contribution >= 4 is 17.4 Å². The number of nitrogen functional groups attached to an aromatic ring is 1. The summed E-state index contributed by atoms with van der Waals surface area (Å²) < 4.78 is 3.36. The minimum Gasteiger partial charge on any atom is -0.291 e. The smallest absolute Gasteiger partial charge is 0.291 e. The van der Waals surface area contributed by atoms with Gasteiger partial charge in [-0.15, -0.1) is 0 Å². The predicted octanol–water partition coefficient (Wildman–Crippen LogP) is 2.66. The Hall–Kier alpha value is -3.48. The first kappa shape index (κ1) is 17.3. The molecule has 2 aromatic carbocycles. The van der Waals surface area contributed by atoms with Gasteiger partial charge in [0.1, 0.15) is 18.4 Å². The molecular formula is C19H19N4O3+. The number of rotatable bonds is 5. The Morgan fingerprint density at radius 3 is 2.58 bits per heavy atom. The number of nitrogens with two attached hydrogens (primary N) is 1. The van der Waals surface area contributed by atoms with E-state index in [2.05, 4.69) is 0 Å². The Labute approximate surface area is 150 Å². The molecule has 26 heavy (non-hydrogen) atoms. The molecule has 1 heterocycles. The van der Waals surface area contributed by atoms with Gasteiger partial charge in [0, 0.05) is 23.3 Å². The summed E-state index contributed by atoms with van der Waals surface area (Å²) in [7, 11) is 1.76. The van der Waals surface area contributed by atoms with E-state index < -0.39 is 4.92 Å². The second-order valence-electron chi connectivity index (χ2n) is 6.16. The highest BCUT2D eigenvalue weighted by molar-refractivity contribution is 5.95. The molecule has 7 heteroatoms. The van der Waals surface area contributed by atoms with E-state index in [1.807, 2.05) is 19.1 Å². The fourth-order valence-electron chi connectivity index (χ4n) is 2.78. The summed E-state index contributed by atoms with van der Waals surface area (Å²) in [5, 5.41) is 11.0.